The molecule has 1 fully saturated rings. The Labute approximate surface area is 196 Å². The Morgan fingerprint density at radius 3 is 2.82 bits per heavy atom. The third-order valence-electron chi connectivity index (χ3n) is 7.18. The summed E-state index contributed by atoms with van der Waals surface area (Å²) in [6, 6.07) is 8.01. The number of rotatable bonds is 9. The van der Waals surface area contributed by atoms with Gasteiger partial charge >= 0.3 is 0 Å². The quantitative estimate of drug-likeness (QED) is 0.444. The lowest BCUT2D eigenvalue weighted by Crippen LogP contribution is -2.44. The number of hydrazone groups is 1. The number of aromatic nitrogens is 3. The fourth-order valence-electron chi connectivity index (χ4n) is 5.32. The summed E-state index contributed by atoms with van der Waals surface area (Å²) in [4.78, 5) is 9.32. The summed E-state index contributed by atoms with van der Waals surface area (Å²) in [5.41, 5.74) is 4.37. The van der Waals surface area contributed by atoms with Crippen molar-refractivity contribution in [1.29, 1.82) is 10.5 Å². The molecule has 1 aliphatic carbocycles. The molecule has 2 aromatic rings. The van der Waals surface area contributed by atoms with E-state index in [1.165, 1.54) is 0 Å². The van der Waals surface area contributed by atoms with Gasteiger partial charge in [0.15, 0.2) is 0 Å². The van der Waals surface area contributed by atoms with Crippen molar-refractivity contribution in [1.82, 2.24) is 20.0 Å². The topological polar surface area (TPSA) is 112 Å². The minimum absolute atomic E-state index is 0.0362. The van der Waals surface area contributed by atoms with Crippen molar-refractivity contribution < 1.29 is 4.74 Å². The molecule has 2 aliphatic rings. The summed E-state index contributed by atoms with van der Waals surface area (Å²) in [7, 11) is -1.14. The van der Waals surface area contributed by atoms with E-state index in [1.807, 2.05) is 17.0 Å². The fraction of sp³-hybridized carbons (Fsp3) is 0.625. The molecule has 0 bridgehead atoms. The zero-order valence-electron chi connectivity index (χ0n) is 19.8. The first-order valence-corrected chi connectivity index (χ1v) is 15.5. The van der Waals surface area contributed by atoms with Gasteiger partial charge in [-0.3, -0.25) is 0 Å². The summed E-state index contributed by atoms with van der Waals surface area (Å²) in [5, 5.41) is 24.5. The summed E-state index contributed by atoms with van der Waals surface area (Å²) in [6.07, 6.45) is 8.65. The van der Waals surface area contributed by atoms with E-state index in [1.54, 1.807) is 6.33 Å². The standard InChI is InChI=1S/C24H33N7OSi/c1-33(2,3)11-10-32-17-31-9-7-20-22(27-16-28-23(20)31)24(14-29-30-15-24)21(6-8-25)19-5-4-18(12-19)13-26/h7,9,14,16,18-19,21,30H,4-6,10-12,15,17H2,1-3H3. The first kappa shape index (κ1) is 23.4. The van der Waals surface area contributed by atoms with Crippen molar-refractivity contribution in [2.24, 2.45) is 22.9 Å². The predicted octanol–water partition coefficient (Wildman–Crippen LogP) is 4.04. The minimum atomic E-state index is -1.14. The van der Waals surface area contributed by atoms with Gasteiger partial charge in [-0.25, -0.2) is 9.97 Å². The molecular formula is C24H33N7OSi. The monoisotopic (exact) mass is 463 g/mol. The van der Waals surface area contributed by atoms with Gasteiger partial charge in [0, 0.05) is 51.4 Å². The van der Waals surface area contributed by atoms with Gasteiger partial charge in [-0.2, -0.15) is 15.6 Å². The van der Waals surface area contributed by atoms with Crippen LogP contribution in [-0.2, 0) is 16.9 Å². The highest BCUT2D eigenvalue weighted by Gasteiger charge is 2.49. The Balaban J connectivity index is 1.65. The molecule has 0 spiro atoms. The van der Waals surface area contributed by atoms with Crippen LogP contribution in [-0.4, -0.2) is 42.0 Å². The number of hydrogen-bond donors (Lipinski definition) is 1. The molecule has 1 saturated carbocycles. The molecule has 33 heavy (non-hydrogen) atoms. The van der Waals surface area contributed by atoms with Crippen LogP contribution in [0.25, 0.3) is 11.0 Å². The van der Waals surface area contributed by atoms with Crippen molar-refractivity contribution in [3.8, 4) is 12.1 Å². The van der Waals surface area contributed by atoms with Crippen LogP contribution in [0.15, 0.2) is 23.7 Å². The van der Waals surface area contributed by atoms with Crippen molar-refractivity contribution >= 4 is 25.3 Å². The lowest BCUT2D eigenvalue weighted by Gasteiger charge is -2.37. The van der Waals surface area contributed by atoms with Gasteiger partial charge in [0.05, 0.1) is 23.2 Å². The van der Waals surface area contributed by atoms with Crippen molar-refractivity contribution in [2.75, 3.05) is 13.2 Å². The van der Waals surface area contributed by atoms with Gasteiger partial charge in [-0.15, -0.1) is 0 Å². The lowest BCUT2D eigenvalue weighted by molar-refractivity contribution is 0.0898. The summed E-state index contributed by atoms with van der Waals surface area (Å²) < 4.78 is 8.00. The molecule has 8 nitrogen and oxygen atoms in total. The van der Waals surface area contributed by atoms with Crippen LogP contribution < -0.4 is 5.43 Å². The van der Waals surface area contributed by atoms with Crippen LogP contribution in [0.3, 0.4) is 0 Å². The average molecular weight is 464 g/mol. The third kappa shape index (κ3) is 4.80. The second kappa shape index (κ2) is 9.62. The normalized spacial score (nSPS) is 25.6. The molecule has 0 aromatic carbocycles. The number of nitrogens with zero attached hydrogens (tertiary/aromatic N) is 6. The minimum Gasteiger partial charge on any atom is -0.361 e. The second-order valence-electron chi connectivity index (χ2n) is 10.6. The fourth-order valence-corrected chi connectivity index (χ4v) is 6.07. The van der Waals surface area contributed by atoms with Crippen LogP contribution in [0.1, 0.15) is 31.4 Å². The summed E-state index contributed by atoms with van der Waals surface area (Å²) >= 11 is 0. The Kier molecular flexibility index (Phi) is 6.82. The molecule has 0 amide bonds. The molecule has 4 unspecified atom stereocenters. The smallest absolute Gasteiger partial charge is 0.145 e. The van der Waals surface area contributed by atoms with Crippen molar-refractivity contribution in [3.63, 3.8) is 0 Å². The third-order valence-corrected chi connectivity index (χ3v) is 8.88. The summed E-state index contributed by atoms with van der Waals surface area (Å²) in [6.45, 7) is 8.84. The molecule has 4 atom stereocenters. The van der Waals surface area contributed by atoms with Gasteiger partial charge in [-0.1, -0.05) is 19.6 Å². The first-order valence-electron chi connectivity index (χ1n) is 11.8. The van der Waals surface area contributed by atoms with E-state index < -0.39 is 13.5 Å². The van der Waals surface area contributed by atoms with E-state index in [4.69, 9.17) is 9.72 Å². The molecule has 0 saturated heterocycles. The average Bonchev–Trinajstić information content (AvgIpc) is 3.54. The van der Waals surface area contributed by atoms with Gasteiger partial charge in [0.2, 0.25) is 0 Å². The van der Waals surface area contributed by atoms with E-state index in [-0.39, 0.29) is 17.8 Å². The van der Waals surface area contributed by atoms with E-state index >= 15 is 0 Å². The molecular weight excluding hydrogens is 430 g/mol. The molecule has 2 aromatic heterocycles. The molecule has 9 heteroatoms. The van der Waals surface area contributed by atoms with Crippen LogP contribution in [0.2, 0.25) is 25.7 Å². The van der Waals surface area contributed by atoms with Gasteiger partial charge in [0.25, 0.3) is 0 Å². The number of hydrogen-bond acceptors (Lipinski definition) is 7. The zero-order chi connectivity index (χ0) is 23.5. The maximum atomic E-state index is 9.71. The largest absolute Gasteiger partial charge is 0.361 e. The lowest BCUT2D eigenvalue weighted by atomic mass is 9.65. The number of ether oxygens (including phenoxy) is 1. The number of nitriles is 2. The van der Waals surface area contributed by atoms with E-state index in [0.717, 1.165) is 48.6 Å². The van der Waals surface area contributed by atoms with Crippen LogP contribution in [0.5, 0.6) is 0 Å². The van der Waals surface area contributed by atoms with Gasteiger partial charge in [0.1, 0.15) is 18.7 Å². The highest BCUT2D eigenvalue weighted by Crippen LogP contribution is 2.47. The van der Waals surface area contributed by atoms with Crippen LogP contribution in [0.4, 0.5) is 0 Å². The molecule has 0 radical (unpaired) electrons. The van der Waals surface area contributed by atoms with Crippen molar-refractivity contribution in [2.45, 2.75) is 63.5 Å². The van der Waals surface area contributed by atoms with Crippen LogP contribution >= 0.6 is 0 Å². The van der Waals surface area contributed by atoms with Crippen LogP contribution in [0, 0.1) is 40.4 Å². The molecule has 1 N–H and O–H groups in total. The van der Waals surface area contributed by atoms with Gasteiger partial charge < -0.3 is 14.7 Å². The molecule has 1 aliphatic heterocycles. The maximum absolute atomic E-state index is 9.71. The first-order chi connectivity index (χ1) is 15.9. The Bertz CT molecular complexity index is 1090. The molecule has 4 rings (SSSR count). The second-order valence-corrected chi connectivity index (χ2v) is 16.2. The Morgan fingerprint density at radius 1 is 1.30 bits per heavy atom. The SMILES string of the molecule is C[Si](C)(C)CCOCn1ccc2c(C3(C(CC#N)C4CCC(C#N)C4)C=NNC3)ncnc21. The Morgan fingerprint density at radius 2 is 2.15 bits per heavy atom. The van der Waals surface area contributed by atoms with Gasteiger partial charge in [-0.05, 0) is 43.2 Å². The van der Waals surface area contributed by atoms with E-state index in [0.29, 0.717) is 19.7 Å². The molecule has 3 heterocycles. The highest BCUT2D eigenvalue weighted by atomic mass is 28.3. The molecule has 174 valence electrons. The number of fused-ring (bicyclic) bond motifs is 1. The maximum Gasteiger partial charge on any atom is 0.145 e. The van der Waals surface area contributed by atoms with E-state index in [9.17, 15) is 10.5 Å². The number of nitrogens with one attached hydrogen (secondary N) is 1. The summed E-state index contributed by atoms with van der Waals surface area (Å²) in [5.74, 6) is 0.394. The Hall–Kier alpha value is -2.75. The van der Waals surface area contributed by atoms with Crippen molar-refractivity contribution in [3.05, 3.63) is 24.3 Å². The highest BCUT2D eigenvalue weighted by molar-refractivity contribution is 6.76. The van der Waals surface area contributed by atoms with E-state index in [2.05, 4.69) is 53.4 Å². The predicted molar refractivity (Wildman–Crippen MR) is 130 cm³/mol. The zero-order valence-corrected chi connectivity index (χ0v) is 20.8.